The molecule has 3 heteroatoms. The number of fused-ring (bicyclic) bond motifs is 1. The van der Waals surface area contributed by atoms with Crippen LogP contribution in [0.25, 0.3) is 23.1 Å². The molecule has 0 radical (unpaired) electrons. The van der Waals surface area contributed by atoms with Crippen LogP contribution in [0, 0.1) is 0 Å². The smallest absolute Gasteiger partial charge is 0.0710 e. The van der Waals surface area contributed by atoms with Gasteiger partial charge >= 0.3 is 0 Å². The van der Waals surface area contributed by atoms with Gasteiger partial charge in [0.25, 0.3) is 0 Å². The Labute approximate surface area is 116 Å². The summed E-state index contributed by atoms with van der Waals surface area (Å²) in [7, 11) is 0. The zero-order valence-electron chi connectivity index (χ0n) is 10.1. The summed E-state index contributed by atoms with van der Waals surface area (Å²) in [5.74, 6) is 0. The van der Waals surface area contributed by atoms with E-state index in [1.165, 1.54) is 0 Å². The molecule has 0 saturated carbocycles. The molecule has 0 spiro atoms. The van der Waals surface area contributed by atoms with Gasteiger partial charge in [0.2, 0.25) is 0 Å². The first-order valence-electron chi connectivity index (χ1n) is 5.96. The molecular formula is C16H11ClN2. The quantitative estimate of drug-likeness (QED) is 0.685. The number of rotatable bonds is 2. The monoisotopic (exact) mass is 266 g/mol. The highest BCUT2D eigenvalue weighted by Crippen LogP contribution is 2.18. The number of hydrogen-bond donors (Lipinski definition) is 0. The second-order valence-electron chi connectivity index (χ2n) is 4.19. The molecule has 0 N–H and O–H groups in total. The number of pyridine rings is 2. The first-order chi connectivity index (χ1) is 9.31. The maximum atomic E-state index is 5.95. The Morgan fingerprint density at radius 1 is 1.00 bits per heavy atom. The molecule has 0 aliphatic carbocycles. The van der Waals surface area contributed by atoms with Gasteiger partial charge in [0.15, 0.2) is 0 Å². The summed E-state index contributed by atoms with van der Waals surface area (Å²) >= 11 is 5.95. The third-order valence-corrected chi connectivity index (χ3v) is 3.04. The lowest BCUT2D eigenvalue weighted by Crippen LogP contribution is -1.83. The molecule has 92 valence electrons. The number of halogens is 1. The van der Waals surface area contributed by atoms with Gasteiger partial charge in [-0.2, -0.15) is 0 Å². The predicted octanol–water partition coefficient (Wildman–Crippen LogP) is 4.45. The van der Waals surface area contributed by atoms with E-state index in [-0.39, 0.29) is 0 Å². The molecule has 0 aliphatic rings. The van der Waals surface area contributed by atoms with E-state index in [2.05, 4.69) is 9.97 Å². The van der Waals surface area contributed by atoms with Gasteiger partial charge in [-0.25, -0.2) is 4.98 Å². The fourth-order valence-corrected chi connectivity index (χ4v) is 2.04. The van der Waals surface area contributed by atoms with Crippen LogP contribution in [0.15, 0.2) is 54.9 Å². The second-order valence-corrected chi connectivity index (χ2v) is 4.63. The summed E-state index contributed by atoms with van der Waals surface area (Å²) in [6.07, 6.45) is 7.55. The average Bonchev–Trinajstić information content (AvgIpc) is 2.46. The third-order valence-electron chi connectivity index (χ3n) is 2.80. The first kappa shape index (κ1) is 11.9. The fourth-order valence-electron chi connectivity index (χ4n) is 1.86. The van der Waals surface area contributed by atoms with E-state index in [1.54, 1.807) is 6.20 Å². The van der Waals surface area contributed by atoms with Crippen molar-refractivity contribution in [2.75, 3.05) is 0 Å². The summed E-state index contributed by atoms with van der Waals surface area (Å²) in [5, 5.41) is 1.78. The molecule has 0 unspecified atom stereocenters. The topological polar surface area (TPSA) is 25.8 Å². The van der Waals surface area contributed by atoms with Crippen molar-refractivity contribution in [3.63, 3.8) is 0 Å². The van der Waals surface area contributed by atoms with Crippen LogP contribution < -0.4 is 0 Å². The van der Waals surface area contributed by atoms with Crippen LogP contribution >= 0.6 is 11.6 Å². The number of nitrogens with zero attached hydrogens (tertiary/aromatic N) is 2. The van der Waals surface area contributed by atoms with E-state index in [0.29, 0.717) is 0 Å². The Balaban J connectivity index is 1.94. The Morgan fingerprint density at radius 2 is 1.95 bits per heavy atom. The van der Waals surface area contributed by atoms with E-state index in [0.717, 1.165) is 27.2 Å². The lowest BCUT2D eigenvalue weighted by atomic mass is 10.2. The maximum absolute atomic E-state index is 5.95. The molecule has 2 aromatic heterocycles. The lowest BCUT2D eigenvalue weighted by molar-refractivity contribution is 1.32. The van der Waals surface area contributed by atoms with Crippen molar-refractivity contribution >= 4 is 34.7 Å². The Bertz CT molecular complexity index is 736. The number of hydrogen-bond acceptors (Lipinski definition) is 2. The van der Waals surface area contributed by atoms with Crippen molar-refractivity contribution < 1.29 is 0 Å². The van der Waals surface area contributed by atoms with Gasteiger partial charge in [-0.15, -0.1) is 0 Å². The van der Waals surface area contributed by atoms with Gasteiger partial charge in [-0.05, 0) is 42.0 Å². The zero-order chi connectivity index (χ0) is 13.1. The van der Waals surface area contributed by atoms with Crippen molar-refractivity contribution in [2.24, 2.45) is 0 Å². The van der Waals surface area contributed by atoms with E-state index in [1.807, 2.05) is 60.8 Å². The van der Waals surface area contributed by atoms with Gasteiger partial charge in [0, 0.05) is 22.8 Å². The van der Waals surface area contributed by atoms with Crippen molar-refractivity contribution in [3.8, 4) is 0 Å². The van der Waals surface area contributed by atoms with Gasteiger partial charge in [0.1, 0.15) is 0 Å². The summed E-state index contributed by atoms with van der Waals surface area (Å²) in [6.45, 7) is 0. The van der Waals surface area contributed by atoms with E-state index >= 15 is 0 Å². The predicted molar refractivity (Wildman–Crippen MR) is 79.9 cm³/mol. The molecule has 3 rings (SSSR count). The van der Waals surface area contributed by atoms with Crippen LogP contribution in [0.4, 0.5) is 0 Å². The SMILES string of the molecule is Clc1ccc2nc(/C=C/c3cccnc3)ccc2c1. The van der Waals surface area contributed by atoms with Crippen LogP contribution in [0.2, 0.25) is 5.02 Å². The molecule has 3 aromatic rings. The van der Waals surface area contributed by atoms with Crippen molar-refractivity contribution in [1.29, 1.82) is 0 Å². The molecular weight excluding hydrogens is 256 g/mol. The van der Waals surface area contributed by atoms with Crippen LogP contribution in [-0.2, 0) is 0 Å². The highest BCUT2D eigenvalue weighted by molar-refractivity contribution is 6.31. The van der Waals surface area contributed by atoms with E-state index in [9.17, 15) is 0 Å². The van der Waals surface area contributed by atoms with Crippen LogP contribution in [-0.4, -0.2) is 9.97 Å². The molecule has 0 atom stereocenters. The Kier molecular flexibility index (Phi) is 3.25. The van der Waals surface area contributed by atoms with Gasteiger partial charge in [-0.3, -0.25) is 4.98 Å². The minimum absolute atomic E-state index is 0.730. The summed E-state index contributed by atoms with van der Waals surface area (Å²) < 4.78 is 0. The number of benzene rings is 1. The van der Waals surface area contributed by atoms with E-state index in [4.69, 9.17) is 11.6 Å². The molecule has 0 fully saturated rings. The average molecular weight is 267 g/mol. The summed E-state index contributed by atoms with van der Waals surface area (Å²) in [4.78, 5) is 8.64. The maximum Gasteiger partial charge on any atom is 0.0710 e. The van der Waals surface area contributed by atoms with Gasteiger partial charge in [-0.1, -0.05) is 29.8 Å². The molecule has 0 saturated heterocycles. The lowest BCUT2D eigenvalue weighted by Gasteiger charge is -1.99. The third kappa shape index (κ3) is 2.80. The molecule has 0 aliphatic heterocycles. The van der Waals surface area contributed by atoms with Crippen LogP contribution in [0.1, 0.15) is 11.3 Å². The largest absolute Gasteiger partial charge is 0.264 e. The Morgan fingerprint density at radius 3 is 2.79 bits per heavy atom. The van der Waals surface area contributed by atoms with Gasteiger partial charge < -0.3 is 0 Å². The number of aromatic nitrogens is 2. The summed E-state index contributed by atoms with van der Waals surface area (Å²) in [5.41, 5.74) is 2.91. The molecule has 0 bridgehead atoms. The summed E-state index contributed by atoms with van der Waals surface area (Å²) in [6, 6.07) is 13.6. The van der Waals surface area contributed by atoms with Crippen molar-refractivity contribution in [2.45, 2.75) is 0 Å². The molecule has 2 heterocycles. The van der Waals surface area contributed by atoms with Crippen molar-refractivity contribution in [3.05, 3.63) is 71.1 Å². The minimum Gasteiger partial charge on any atom is -0.264 e. The Hall–Kier alpha value is -2.19. The minimum atomic E-state index is 0.730. The first-order valence-corrected chi connectivity index (χ1v) is 6.33. The highest BCUT2D eigenvalue weighted by Gasteiger charge is 1.97. The molecule has 2 nitrogen and oxygen atoms in total. The highest BCUT2D eigenvalue weighted by atomic mass is 35.5. The second kappa shape index (κ2) is 5.21. The molecule has 19 heavy (non-hydrogen) atoms. The van der Waals surface area contributed by atoms with Crippen molar-refractivity contribution in [1.82, 2.24) is 9.97 Å². The van der Waals surface area contributed by atoms with Crippen LogP contribution in [0.3, 0.4) is 0 Å². The molecule has 1 aromatic carbocycles. The van der Waals surface area contributed by atoms with Crippen LogP contribution in [0.5, 0.6) is 0 Å². The zero-order valence-corrected chi connectivity index (χ0v) is 10.9. The fraction of sp³-hybridized carbons (Fsp3) is 0. The normalized spacial score (nSPS) is 11.2. The molecule has 0 amide bonds. The van der Waals surface area contributed by atoms with Gasteiger partial charge in [0.05, 0.1) is 11.2 Å². The standard InChI is InChI=1S/C16H11ClN2/c17-14-5-8-16-13(10-14)4-7-15(19-16)6-3-12-2-1-9-18-11-12/h1-11H/b6-3+. The van der Waals surface area contributed by atoms with E-state index < -0.39 is 0 Å².